The number of hydrogen-bond acceptors (Lipinski definition) is 3. The van der Waals surface area contributed by atoms with Crippen molar-refractivity contribution in [3.63, 3.8) is 0 Å². The highest BCUT2D eigenvalue weighted by Crippen LogP contribution is 2.18. The van der Waals surface area contributed by atoms with Crippen LogP contribution in [0.3, 0.4) is 0 Å². The molecule has 0 aliphatic carbocycles. The van der Waals surface area contributed by atoms with Gasteiger partial charge in [0, 0.05) is 12.0 Å². The Kier molecular flexibility index (Phi) is 7.20. The summed E-state index contributed by atoms with van der Waals surface area (Å²) in [5, 5.41) is 3.03. The molecule has 1 amide bonds. The van der Waals surface area contributed by atoms with E-state index < -0.39 is 0 Å². The van der Waals surface area contributed by atoms with Crippen LogP contribution in [0.2, 0.25) is 0 Å². The second-order valence-electron chi connectivity index (χ2n) is 5.91. The Morgan fingerprint density at radius 3 is 2.28 bits per heavy atom. The van der Waals surface area contributed by atoms with E-state index >= 15 is 0 Å². The van der Waals surface area contributed by atoms with E-state index in [1.54, 1.807) is 24.3 Å². The summed E-state index contributed by atoms with van der Waals surface area (Å²) in [6.45, 7) is 3.88. The smallest absolute Gasteiger partial charge is 0.258 e. The summed E-state index contributed by atoms with van der Waals surface area (Å²) in [5.74, 6) is 0.514. The number of rotatable bonds is 9. The summed E-state index contributed by atoms with van der Waals surface area (Å²) in [6.07, 6.45) is 2.33. The van der Waals surface area contributed by atoms with Gasteiger partial charge in [0.2, 0.25) is 0 Å². The Bertz CT molecular complexity index is 680. The first-order valence-corrected chi connectivity index (χ1v) is 8.74. The van der Waals surface area contributed by atoms with Crippen LogP contribution in [0.25, 0.3) is 0 Å². The van der Waals surface area contributed by atoms with Crippen molar-refractivity contribution in [2.45, 2.75) is 39.2 Å². The Morgan fingerprint density at radius 2 is 1.68 bits per heavy atom. The number of amides is 1. The zero-order valence-corrected chi connectivity index (χ0v) is 14.8. The van der Waals surface area contributed by atoms with E-state index in [0.717, 1.165) is 18.4 Å². The van der Waals surface area contributed by atoms with Crippen molar-refractivity contribution in [2.75, 3.05) is 6.61 Å². The van der Waals surface area contributed by atoms with Gasteiger partial charge in [-0.05, 0) is 36.2 Å². The number of ketones is 1. The molecular formula is C21H25NO3. The lowest BCUT2D eigenvalue weighted by atomic mass is 10.0. The van der Waals surface area contributed by atoms with Crippen molar-refractivity contribution in [1.82, 2.24) is 5.32 Å². The molecule has 0 unspecified atom stereocenters. The van der Waals surface area contributed by atoms with Crippen LogP contribution in [0.4, 0.5) is 0 Å². The van der Waals surface area contributed by atoms with E-state index in [1.807, 2.05) is 37.3 Å². The molecule has 1 N–H and O–H groups in total. The zero-order valence-electron chi connectivity index (χ0n) is 14.8. The van der Waals surface area contributed by atoms with Crippen LogP contribution in [0.1, 0.15) is 55.1 Å². The number of ether oxygens (including phenoxy) is 1. The molecule has 25 heavy (non-hydrogen) atoms. The van der Waals surface area contributed by atoms with Crippen molar-refractivity contribution in [3.05, 3.63) is 65.7 Å². The summed E-state index contributed by atoms with van der Waals surface area (Å²) in [5.41, 5.74) is 1.76. The number of benzene rings is 2. The lowest BCUT2D eigenvalue weighted by Gasteiger charge is -2.18. The van der Waals surface area contributed by atoms with E-state index in [2.05, 4.69) is 12.2 Å². The molecule has 0 radical (unpaired) electrons. The van der Waals surface area contributed by atoms with Crippen molar-refractivity contribution in [1.29, 1.82) is 0 Å². The molecule has 0 saturated heterocycles. The van der Waals surface area contributed by atoms with E-state index in [0.29, 0.717) is 17.7 Å². The summed E-state index contributed by atoms with van der Waals surface area (Å²) < 4.78 is 5.53. The second-order valence-corrected chi connectivity index (χ2v) is 5.91. The summed E-state index contributed by atoms with van der Waals surface area (Å²) >= 11 is 0. The monoisotopic (exact) mass is 339 g/mol. The largest absolute Gasteiger partial charge is 0.484 e. The van der Waals surface area contributed by atoms with Crippen LogP contribution >= 0.6 is 0 Å². The molecule has 2 aromatic carbocycles. The average Bonchev–Trinajstić information content (AvgIpc) is 2.66. The molecule has 2 aromatic rings. The van der Waals surface area contributed by atoms with Crippen LogP contribution in [-0.4, -0.2) is 18.3 Å². The second kappa shape index (κ2) is 9.62. The predicted molar refractivity (Wildman–Crippen MR) is 98.8 cm³/mol. The third-order valence-electron chi connectivity index (χ3n) is 3.98. The average molecular weight is 339 g/mol. The molecule has 0 spiro atoms. The van der Waals surface area contributed by atoms with Gasteiger partial charge in [0.1, 0.15) is 5.75 Å². The van der Waals surface area contributed by atoms with Crippen LogP contribution in [0, 0.1) is 0 Å². The lowest BCUT2D eigenvalue weighted by molar-refractivity contribution is -0.123. The Labute approximate surface area is 149 Å². The van der Waals surface area contributed by atoms with Gasteiger partial charge in [0.25, 0.3) is 5.91 Å². The highest BCUT2D eigenvalue weighted by atomic mass is 16.5. The molecule has 0 aliphatic rings. The highest BCUT2D eigenvalue weighted by molar-refractivity contribution is 5.95. The third-order valence-corrected chi connectivity index (χ3v) is 3.98. The topological polar surface area (TPSA) is 55.4 Å². The minimum Gasteiger partial charge on any atom is -0.484 e. The number of carbonyl (C=O) groups is 2. The number of carbonyl (C=O) groups excluding carboxylic acids is 2. The Morgan fingerprint density at radius 1 is 1.00 bits per heavy atom. The SMILES string of the molecule is CCC[C@H](NC(=O)COc1ccc(C(=O)CC)cc1)c1ccccc1. The van der Waals surface area contributed by atoms with E-state index in [9.17, 15) is 9.59 Å². The minimum atomic E-state index is -0.156. The maximum Gasteiger partial charge on any atom is 0.258 e. The van der Waals surface area contributed by atoms with Gasteiger partial charge in [-0.25, -0.2) is 0 Å². The van der Waals surface area contributed by atoms with Crippen LogP contribution in [0.15, 0.2) is 54.6 Å². The van der Waals surface area contributed by atoms with Crippen molar-refractivity contribution in [2.24, 2.45) is 0 Å². The first-order chi connectivity index (χ1) is 12.1. The van der Waals surface area contributed by atoms with Crippen LogP contribution in [0.5, 0.6) is 5.75 Å². The number of Topliss-reactive ketones (excluding diaryl/α,β-unsaturated/α-hetero) is 1. The molecule has 4 nitrogen and oxygen atoms in total. The molecule has 0 saturated carbocycles. The maximum atomic E-state index is 12.2. The first-order valence-electron chi connectivity index (χ1n) is 8.74. The van der Waals surface area contributed by atoms with Gasteiger partial charge < -0.3 is 10.1 Å². The molecular weight excluding hydrogens is 314 g/mol. The summed E-state index contributed by atoms with van der Waals surface area (Å²) in [4.78, 5) is 23.8. The minimum absolute atomic E-state index is 0.00754. The van der Waals surface area contributed by atoms with E-state index in [4.69, 9.17) is 4.74 Å². The molecule has 0 heterocycles. The van der Waals surface area contributed by atoms with Crippen LogP contribution in [-0.2, 0) is 4.79 Å². The van der Waals surface area contributed by atoms with Gasteiger partial charge >= 0.3 is 0 Å². The fourth-order valence-electron chi connectivity index (χ4n) is 2.62. The Hall–Kier alpha value is -2.62. The maximum absolute atomic E-state index is 12.2. The third kappa shape index (κ3) is 5.75. The zero-order chi connectivity index (χ0) is 18.1. The molecule has 0 aromatic heterocycles. The number of nitrogens with one attached hydrogen (secondary N) is 1. The van der Waals surface area contributed by atoms with Crippen LogP contribution < -0.4 is 10.1 Å². The fraction of sp³-hybridized carbons (Fsp3) is 0.333. The summed E-state index contributed by atoms with van der Waals surface area (Å²) in [7, 11) is 0. The molecule has 1 atom stereocenters. The molecule has 132 valence electrons. The number of hydrogen-bond donors (Lipinski definition) is 1. The van der Waals surface area contributed by atoms with Gasteiger partial charge in [-0.1, -0.05) is 50.6 Å². The highest BCUT2D eigenvalue weighted by Gasteiger charge is 2.14. The fourth-order valence-corrected chi connectivity index (χ4v) is 2.62. The first kappa shape index (κ1) is 18.7. The van der Waals surface area contributed by atoms with Crippen molar-refractivity contribution < 1.29 is 14.3 Å². The van der Waals surface area contributed by atoms with Gasteiger partial charge in [-0.2, -0.15) is 0 Å². The van der Waals surface area contributed by atoms with Crippen molar-refractivity contribution in [3.8, 4) is 5.75 Å². The van der Waals surface area contributed by atoms with Gasteiger partial charge in [-0.15, -0.1) is 0 Å². The van der Waals surface area contributed by atoms with Gasteiger partial charge in [0.15, 0.2) is 12.4 Å². The van der Waals surface area contributed by atoms with E-state index in [1.165, 1.54) is 0 Å². The quantitative estimate of drug-likeness (QED) is 0.692. The molecule has 0 bridgehead atoms. The molecule has 2 rings (SSSR count). The standard InChI is InChI=1S/C21H25NO3/c1-3-8-19(16-9-6-5-7-10-16)22-21(24)15-25-18-13-11-17(12-14-18)20(23)4-2/h5-7,9-14,19H,3-4,8,15H2,1-2H3,(H,22,24)/t19-/m0/s1. The molecule has 0 aliphatic heterocycles. The van der Waals surface area contributed by atoms with E-state index in [-0.39, 0.29) is 24.3 Å². The predicted octanol–water partition coefficient (Wildman–Crippen LogP) is 4.32. The lowest BCUT2D eigenvalue weighted by Crippen LogP contribution is -2.32. The Balaban J connectivity index is 1.89. The summed E-state index contributed by atoms with van der Waals surface area (Å²) in [6, 6.07) is 16.8. The van der Waals surface area contributed by atoms with Gasteiger partial charge in [-0.3, -0.25) is 9.59 Å². The molecule has 4 heteroatoms. The van der Waals surface area contributed by atoms with Gasteiger partial charge in [0.05, 0.1) is 6.04 Å². The normalized spacial score (nSPS) is 11.6. The molecule has 0 fully saturated rings. The van der Waals surface area contributed by atoms with Crippen molar-refractivity contribution >= 4 is 11.7 Å².